The molecule has 0 saturated carbocycles. The van der Waals surface area contributed by atoms with Crippen LogP contribution >= 0.6 is 0 Å². The van der Waals surface area contributed by atoms with Crippen LogP contribution in [0.25, 0.3) is 0 Å². The van der Waals surface area contributed by atoms with Gasteiger partial charge in [0.25, 0.3) is 0 Å². The van der Waals surface area contributed by atoms with Gasteiger partial charge in [-0.1, -0.05) is 12.1 Å². The van der Waals surface area contributed by atoms with Crippen molar-refractivity contribution in [2.45, 2.75) is 57.3 Å². The second kappa shape index (κ2) is 9.00. The fraction of sp³-hybridized carbons (Fsp3) is 0.500. The molecule has 176 valence electrons. The van der Waals surface area contributed by atoms with E-state index in [2.05, 4.69) is 5.10 Å². The number of rotatable bonds is 0. The average molecular weight is 475 g/mol. The van der Waals surface area contributed by atoms with Gasteiger partial charge in [0.05, 0.1) is 12.2 Å². The summed E-state index contributed by atoms with van der Waals surface area (Å²) in [5, 5.41) is 4.59. The number of carbonyl (C=O) groups is 1. The van der Waals surface area contributed by atoms with Crippen molar-refractivity contribution >= 4 is 16.2 Å². The van der Waals surface area contributed by atoms with Crippen molar-refractivity contribution in [3.63, 3.8) is 0 Å². The van der Waals surface area contributed by atoms with Crippen LogP contribution < -0.4 is 4.18 Å². The van der Waals surface area contributed by atoms with Gasteiger partial charge in [-0.2, -0.15) is 26.7 Å². The van der Waals surface area contributed by atoms with E-state index in [1.54, 1.807) is 21.7 Å². The highest BCUT2D eigenvalue weighted by Crippen LogP contribution is 2.32. The van der Waals surface area contributed by atoms with Crippen LogP contribution in [0.4, 0.5) is 18.0 Å². The van der Waals surface area contributed by atoms with Gasteiger partial charge in [0, 0.05) is 25.1 Å². The summed E-state index contributed by atoms with van der Waals surface area (Å²) in [6.07, 6.45) is 0.583. The van der Waals surface area contributed by atoms with Crippen LogP contribution in [0.5, 0.6) is 5.88 Å². The minimum Gasteiger partial charge on any atom is -0.444 e. The number of hydrogen-bond donors (Lipinski definition) is 0. The molecule has 2 bridgehead atoms. The van der Waals surface area contributed by atoms with E-state index in [0.717, 1.165) is 16.8 Å². The van der Waals surface area contributed by atoms with E-state index >= 15 is 0 Å². The molecule has 4 rings (SSSR count). The maximum atomic E-state index is 12.6. The van der Waals surface area contributed by atoms with E-state index in [4.69, 9.17) is 8.92 Å². The molecule has 2 aliphatic heterocycles. The molecule has 1 aromatic carbocycles. The Bertz CT molecular complexity index is 1090. The summed E-state index contributed by atoms with van der Waals surface area (Å²) in [5.41, 5.74) is 1.77. The molecule has 0 fully saturated rings. The van der Waals surface area contributed by atoms with Crippen molar-refractivity contribution in [3.05, 3.63) is 41.1 Å². The third-order valence-electron chi connectivity index (χ3n) is 4.69. The van der Waals surface area contributed by atoms with Crippen molar-refractivity contribution in [1.82, 2.24) is 14.7 Å². The van der Waals surface area contributed by atoms with E-state index < -0.39 is 22.4 Å². The molecule has 0 unspecified atom stereocenters. The first-order chi connectivity index (χ1) is 14.9. The van der Waals surface area contributed by atoms with Crippen LogP contribution in [0, 0.1) is 0 Å². The Kier molecular flexibility index (Phi) is 6.72. The number of amides is 1. The van der Waals surface area contributed by atoms with Gasteiger partial charge in [0.2, 0.25) is 5.88 Å². The summed E-state index contributed by atoms with van der Waals surface area (Å²) >= 11 is 0. The number of benzene rings is 1. The summed E-state index contributed by atoms with van der Waals surface area (Å²) < 4.78 is 66.8. The summed E-state index contributed by atoms with van der Waals surface area (Å²) in [6, 6.07) is 6.69. The highest BCUT2D eigenvalue weighted by molar-refractivity contribution is 7.87. The lowest BCUT2D eigenvalue weighted by Gasteiger charge is -2.26. The highest BCUT2D eigenvalue weighted by atomic mass is 32.2. The van der Waals surface area contributed by atoms with Crippen molar-refractivity contribution in [2.24, 2.45) is 0 Å². The van der Waals surface area contributed by atoms with Crippen molar-refractivity contribution < 1.29 is 35.3 Å². The van der Waals surface area contributed by atoms with Crippen LogP contribution in [0.1, 0.15) is 37.6 Å². The first-order valence-electron chi connectivity index (χ1n) is 9.88. The Morgan fingerprint density at radius 1 is 1.19 bits per heavy atom. The average Bonchev–Trinajstić information content (AvgIpc) is 2.83. The topological polar surface area (TPSA) is 90.7 Å². The Morgan fingerprint density at radius 2 is 1.84 bits per heavy atom. The molecule has 1 amide bonds. The third kappa shape index (κ3) is 5.72. The number of carbonyl (C=O) groups excluding carboxylic acids is 1. The lowest BCUT2D eigenvalue weighted by atomic mass is 10.1. The van der Waals surface area contributed by atoms with Gasteiger partial charge < -0.3 is 13.8 Å². The van der Waals surface area contributed by atoms with Gasteiger partial charge in [-0.3, -0.25) is 0 Å². The first-order valence-corrected chi connectivity index (χ1v) is 11.3. The molecule has 1 aromatic heterocycles. The Labute approximate surface area is 184 Å². The fourth-order valence-electron chi connectivity index (χ4n) is 3.42. The number of nitrogens with zero attached hydrogens (tertiary/aromatic N) is 3. The molecule has 3 heterocycles. The summed E-state index contributed by atoms with van der Waals surface area (Å²) in [4.78, 5) is 14.2. The molecule has 12 heteroatoms. The van der Waals surface area contributed by atoms with Gasteiger partial charge in [0.15, 0.2) is 0 Å². The second-order valence-corrected chi connectivity index (χ2v) is 9.83. The maximum Gasteiger partial charge on any atom is 0.410 e. The number of hydrogen-bond acceptors (Lipinski definition) is 6. The van der Waals surface area contributed by atoms with Crippen molar-refractivity contribution in [3.8, 4) is 5.88 Å². The zero-order valence-corrected chi connectivity index (χ0v) is 18.7. The summed E-state index contributed by atoms with van der Waals surface area (Å²) in [5.74, 6) is 0.243. The lowest BCUT2D eigenvalue weighted by molar-refractivity contribution is 0.00814. The molecular formula is C20H24F3N3O5S. The number of ether oxygens (including phenoxy) is 1. The first kappa shape index (κ1) is 23.9. The standard InChI is InChI=1S/C19H23N3O5S.CHF3/c1-19(2,3)26-18(23)21-9-7-15-16(8-10-21)20-22-12-13-5-4-6-14(11-13)28(24,25)27-17(15)22;2-1(3)4/h4-6,11H,7-10,12H2,1-3H3;1H. The van der Waals surface area contributed by atoms with Crippen molar-refractivity contribution in [1.29, 1.82) is 0 Å². The van der Waals surface area contributed by atoms with Crippen molar-refractivity contribution in [2.75, 3.05) is 13.1 Å². The second-order valence-electron chi connectivity index (χ2n) is 8.29. The van der Waals surface area contributed by atoms with Gasteiger partial charge in [-0.05, 0) is 44.9 Å². The molecule has 0 spiro atoms. The zero-order valence-electron chi connectivity index (χ0n) is 17.8. The Hall–Kier alpha value is -2.76. The van der Waals surface area contributed by atoms with E-state index in [1.807, 2.05) is 26.8 Å². The molecule has 2 aliphatic rings. The van der Waals surface area contributed by atoms with Gasteiger partial charge in [-0.25, -0.2) is 9.48 Å². The molecule has 2 aromatic rings. The Morgan fingerprint density at radius 3 is 2.50 bits per heavy atom. The number of aromatic nitrogens is 2. The monoisotopic (exact) mass is 475 g/mol. The molecule has 0 radical (unpaired) electrons. The smallest absolute Gasteiger partial charge is 0.410 e. The molecule has 0 saturated heterocycles. The van der Waals surface area contributed by atoms with E-state index in [0.29, 0.717) is 32.5 Å². The SMILES string of the molecule is CC(C)(C)OC(=O)N1CCc2nn3c(c2CC1)OS(=O)(=O)c1cccc(c1)C3.FC(F)F. The molecule has 0 aliphatic carbocycles. The molecular weight excluding hydrogens is 451 g/mol. The van der Waals surface area contributed by atoms with Crippen LogP contribution in [-0.4, -0.2) is 54.6 Å². The van der Waals surface area contributed by atoms with Gasteiger partial charge in [-0.15, -0.1) is 0 Å². The maximum absolute atomic E-state index is 12.6. The van der Waals surface area contributed by atoms with Gasteiger partial charge >= 0.3 is 22.9 Å². The van der Waals surface area contributed by atoms with E-state index in [1.165, 1.54) is 6.07 Å². The normalized spacial score (nSPS) is 16.9. The number of halogens is 3. The van der Waals surface area contributed by atoms with Crippen LogP contribution in [0.2, 0.25) is 0 Å². The molecule has 32 heavy (non-hydrogen) atoms. The largest absolute Gasteiger partial charge is 0.444 e. The zero-order chi connectivity index (χ0) is 23.7. The van der Waals surface area contributed by atoms with E-state index in [-0.39, 0.29) is 16.9 Å². The van der Waals surface area contributed by atoms with E-state index in [9.17, 15) is 26.4 Å². The van der Waals surface area contributed by atoms with Gasteiger partial charge in [0.1, 0.15) is 10.5 Å². The van der Waals surface area contributed by atoms with Crippen LogP contribution in [-0.2, 0) is 34.2 Å². The minimum absolute atomic E-state index is 0.134. The third-order valence-corrected chi connectivity index (χ3v) is 5.90. The summed E-state index contributed by atoms with van der Waals surface area (Å²) in [6.45, 7) is 3.11. The number of alkyl halides is 3. The van der Waals surface area contributed by atoms with Crippen LogP contribution in [0.15, 0.2) is 29.2 Å². The lowest BCUT2D eigenvalue weighted by Crippen LogP contribution is -2.38. The quantitative estimate of drug-likeness (QED) is 0.542. The predicted molar refractivity (Wildman–Crippen MR) is 108 cm³/mol. The molecule has 8 nitrogen and oxygen atoms in total. The number of fused-ring (bicyclic) bond motifs is 5. The molecule has 0 atom stereocenters. The Balaban J connectivity index is 0.000000668. The highest BCUT2D eigenvalue weighted by Gasteiger charge is 2.31. The van der Waals surface area contributed by atoms with Crippen LogP contribution in [0.3, 0.4) is 0 Å². The molecule has 0 N–H and O–H groups in total. The fourth-order valence-corrected chi connectivity index (χ4v) is 4.45. The minimum atomic E-state index is -3.93. The summed E-state index contributed by atoms with van der Waals surface area (Å²) in [7, 11) is -3.93. The predicted octanol–water partition coefficient (Wildman–Crippen LogP) is 3.53.